The zero-order valence-electron chi connectivity index (χ0n) is 50.3. The maximum Gasteiger partial charge on any atom is 4.00 e. The van der Waals surface area contributed by atoms with E-state index in [1.807, 2.05) is 108 Å². The molecule has 0 atom stereocenters. The monoisotopic (exact) mass is 1830 g/mol. The Balaban J connectivity index is -0.0000000102. The van der Waals surface area contributed by atoms with E-state index in [1.165, 1.54) is 12.8 Å². The molecule has 0 aliphatic rings. The smallest absolute Gasteiger partial charge is 0.413 e. The fourth-order valence-electron chi connectivity index (χ4n) is 3.78. The summed E-state index contributed by atoms with van der Waals surface area (Å²) in [6.07, 6.45) is 11.7. The molecule has 0 aromatic heterocycles. The van der Waals surface area contributed by atoms with Gasteiger partial charge in [-0.2, -0.15) is 0 Å². The van der Waals surface area contributed by atoms with E-state index in [0.717, 1.165) is 26.4 Å². The van der Waals surface area contributed by atoms with Crippen LogP contribution in [0.3, 0.4) is 0 Å². The van der Waals surface area contributed by atoms with Crippen LogP contribution in [0.4, 0.5) is 0 Å². The van der Waals surface area contributed by atoms with Crippen molar-refractivity contribution in [2.75, 3.05) is 132 Å². The molecule has 16 nitrogen and oxygen atoms in total. The van der Waals surface area contributed by atoms with E-state index < -0.39 is 0 Å². The van der Waals surface area contributed by atoms with Gasteiger partial charge in [-0.05, 0) is 79.1 Å². The average molecular weight is 1830 g/mol. The quantitative estimate of drug-likeness (QED) is 0.0416. The van der Waals surface area contributed by atoms with Crippen LogP contribution in [0.2, 0.25) is 0 Å². The van der Waals surface area contributed by atoms with Gasteiger partial charge in [0, 0.05) is 26.4 Å². The van der Waals surface area contributed by atoms with Crippen molar-refractivity contribution < 1.29 is 107 Å². The molecular weight excluding hydrogens is 1580 g/mol. The van der Waals surface area contributed by atoms with Crippen LogP contribution < -0.4 is 0 Å². The van der Waals surface area contributed by atoms with E-state index >= 15 is 0 Å². The molecule has 0 saturated carbocycles. The van der Waals surface area contributed by atoms with E-state index in [-0.39, 0.29) is 308 Å². The predicted molar refractivity (Wildman–Crippen MR) is 525 cm³/mol. The molecule has 0 radical (unpaired) electrons. The van der Waals surface area contributed by atoms with Gasteiger partial charge in [0.15, 0.2) is 0 Å². The fraction of sp³-hybridized carbons (Fsp3) is 0.911. The van der Waals surface area contributed by atoms with Gasteiger partial charge in [0.1, 0.15) is 27.2 Å². The molecule has 0 bridgehead atoms. The Labute approximate surface area is 725 Å². The SMILES string of the molecule is C.C.C.C.C.C.C.C.C.C.C.C.C.C.C.C.C.C.C.C.C.C.C.C.C.C.C.C.C.C.C.C.C.C.C=O.C=O.C=O.C=O.CC(C)COC[CH-]COCC(C)C.CC(C)COC[CH-]COCC(C)C.CC(C)OCCOC[CH-]COCCOC(C)C.CC(C)OCCOC[CH-]COCCOC(C)C.CCCC.[U+4]. The molecule has 0 saturated heterocycles. The molecule has 714 valence electrons. The Kier molecular flexibility index (Phi) is 865. The van der Waals surface area contributed by atoms with Gasteiger partial charge in [-0.1, -0.05) is 387 Å². The summed E-state index contributed by atoms with van der Waals surface area (Å²) >= 11 is 0. The minimum atomic E-state index is 0. The molecule has 0 N–H and O–H groups in total. The normalized spacial score (nSPS) is 6.93. The first-order valence-electron chi connectivity index (χ1n) is 25.9. The van der Waals surface area contributed by atoms with Gasteiger partial charge >= 0.3 is 31.1 Å². The number of unbranched alkanes of at least 4 members (excludes halogenated alkanes) is 1. The minimum absolute atomic E-state index is 0. The topological polar surface area (TPSA) is 179 Å². The van der Waals surface area contributed by atoms with Crippen LogP contribution in [0.5, 0.6) is 0 Å². The second kappa shape index (κ2) is 305. The summed E-state index contributed by atoms with van der Waals surface area (Å²) in [6, 6.07) is 0. The number of rotatable bonds is 41. The number of carbonyl (C=O) groups excluding carboxylic acids is 4. The first kappa shape index (κ1) is 304. The summed E-state index contributed by atoms with van der Waals surface area (Å²) in [5.74, 6) is 2.46. The first-order valence-corrected chi connectivity index (χ1v) is 25.9. The summed E-state index contributed by atoms with van der Waals surface area (Å²) in [7, 11) is 0. The van der Waals surface area contributed by atoms with Gasteiger partial charge in [0.05, 0.1) is 77.3 Å². The molecule has 0 aromatic carbocycles. The van der Waals surface area contributed by atoms with Crippen molar-refractivity contribution >= 4 is 27.2 Å². The maximum absolute atomic E-state index is 8.00. The van der Waals surface area contributed by atoms with Crippen molar-refractivity contribution in [3.63, 3.8) is 0 Å². The largest absolute Gasteiger partial charge is 4.00 e. The summed E-state index contributed by atoms with van der Waals surface area (Å²) in [5, 5.41) is 0. The van der Waals surface area contributed by atoms with E-state index in [2.05, 4.69) is 69.2 Å². The van der Waals surface area contributed by atoms with E-state index in [9.17, 15) is 0 Å². The molecule has 0 spiro atoms. The Morgan fingerprint density at radius 1 is 0.196 bits per heavy atom. The molecule has 0 heterocycles. The van der Waals surface area contributed by atoms with Gasteiger partial charge in [-0.25, -0.2) is 0 Å². The summed E-state index contributed by atoms with van der Waals surface area (Å²) in [4.78, 5) is 32.0. The molecule has 0 aromatic rings. The summed E-state index contributed by atoms with van der Waals surface area (Å²) < 4.78 is 64.2. The zero-order valence-corrected chi connectivity index (χ0v) is 54.5. The van der Waals surface area contributed by atoms with E-state index in [4.69, 9.17) is 76.0 Å². The second-order valence-corrected chi connectivity index (χ2v) is 17.9. The third-order valence-electron chi connectivity index (χ3n) is 6.91. The van der Waals surface area contributed by atoms with Crippen molar-refractivity contribution in [2.45, 2.75) is 414 Å². The minimum Gasteiger partial charge on any atom is -0.413 e. The van der Waals surface area contributed by atoms with Gasteiger partial charge < -0.3 is 76.0 Å². The molecule has 0 amide bonds. The van der Waals surface area contributed by atoms with Crippen molar-refractivity contribution in [2.24, 2.45) is 23.7 Å². The third-order valence-corrected chi connectivity index (χ3v) is 6.91. The van der Waals surface area contributed by atoms with Crippen molar-refractivity contribution in [1.29, 1.82) is 0 Å². The summed E-state index contributed by atoms with van der Waals surface area (Å²) in [6.45, 7) is 59.3. The maximum atomic E-state index is 8.00. The Hall–Kier alpha value is -0.748. The van der Waals surface area contributed by atoms with Gasteiger partial charge in [-0.15, -0.1) is 0 Å². The average Bonchev–Trinajstić information content (AvgIpc) is 3.34. The Morgan fingerprint density at radius 2 is 0.299 bits per heavy atom. The number of ether oxygens (including phenoxy) is 12. The molecule has 107 heavy (non-hydrogen) atoms. The van der Waals surface area contributed by atoms with Crippen LogP contribution >= 0.6 is 0 Å². The van der Waals surface area contributed by atoms with Crippen LogP contribution in [-0.2, 0) is 76.0 Å². The van der Waals surface area contributed by atoms with Crippen LogP contribution in [0.25, 0.3) is 0 Å². The van der Waals surface area contributed by atoms with Gasteiger partial charge in [0.2, 0.25) is 0 Å². The van der Waals surface area contributed by atoms with Crippen molar-refractivity contribution in [3.05, 3.63) is 25.7 Å². The van der Waals surface area contributed by atoms with Gasteiger partial charge in [-0.3, -0.25) is 25.7 Å². The van der Waals surface area contributed by atoms with Crippen LogP contribution in [0.15, 0.2) is 0 Å². The number of carbonyl (C=O) groups is 4. The molecule has 0 unspecified atom stereocenters. The fourth-order valence-corrected chi connectivity index (χ4v) is 3.78. The van der Waals surface area contributed by atoms with Gasteiger partial charge in [0.25, 0.3) is 0 Å². The van der Waals surface area contributed by atoms with Crippen molar-refractivity contribution in [1.82, 2.24) is 0 Å². The van der Waals surface area contributed by atoms with Crippen LogP contribution in [0, 0.1) is 80.5 Å². The molecule has 17 heteroatoms. The molecule has 0 aliphatic carbocycles. The molecule has 0 rings (SSSR count). The van der Waals surface area contributed by atoms with E-state index in [1.54, 1.807) is 0 Å². The van der Waals surface area contributed by atoms with Crippen LogP contribution in [0.1, 0.15) is 390 Å². The molecule has 0 aliphatic heterocycles. The number of hydrogen-bond acceptors (Lipinski definition) is 16. The number of hydrogen-bond donors (Lipinski definition) is 0. The predicted octanol–water partition coefficient (Wildman–Crippen LogP) is 31.9. The van der Waals surface area contributed by atoms with E-state index in [0.29, 0.717) is 129 Å². The molecule has 0 fully saturated rings. The van der Waals surface area contributed by atoms with Crippen LogP contribution in [-0.4, -0.2) is 184 Å². The second-order valence-electron chi connectivity index (χ2n) is 17.9. The summed E-state index contributed by atoms with van der Waals surface area (Å²) in [5.41, 5.74) is 0. The van der Waals surface area contributed by atoms with Crippen molar-refractivity contribution in [3.8, 4) is 0 Å². The standard InChI is InChI=1S/2C13H27O4.2C11H23O2.C4H10.4CH2O.34CH4.U/c2*1-12(2)16-10-8-14-6-5-7-15-9-11-17-13(3)4;2*1-10(2)8-12-6-5-7-13-9-11(3)4;1-3-4-2;4*1-2;;;;;;;;;;;;;;;;;;;;;;;;;;;;;;;;;;;/h2*5,12-13H,6-11H2,1-4H3;2*5,10-11H,6-9H2,1-4H3;3-4H2,1-2H3;4*1H2;34*1H4;/q4*-1;;;;;;;;;;;;;;;;;;;;;;;;;;;;;;;;;;;;;;;;+4. The Morgan fingerprint density at radius 3 is 0.383 bits per heavy atom. The zero-order chi connectivity index (χ0) is 57.5. The Bertz CT molecular complexity index is 729. The third kappa shape index (κ3) is 482. The molecular formula is C90H254O16U. The first-order chi connectivity index (χ1) is 34.4.